The second kappa shape index (κ2) is 4.56. The summed E-state index contributed by atoms with van der Waals surface area (Å²) in [5.74, 6) is 0.874. The van der Waals surface area contributed by atoms with E-state index >= 15 is 0 Å². The molecule has 3 N–H and O–H groups in total. The molecule has 0 unspecified atom stereocenters. The molecule has 1 fully saturated rings. The van der Waals surface area contributed by atoms with Crippen LogP contribution < -0.4 is 11.1 Å². The molecule has 0 amide bonds. The van der Waals surface area contributed by atoms with Crippen molar-refractivity contribution in [2.75, 3.05) is 23.9 Å². The lowest BCUT2D eigenvalue weighted by atomic mass is 10.2. The fourth-order valence-electron chi connectivity index (χ4n) is 1.75. The molecule has 0 aromatic heterocycles. The molecule has 1 aliphatic carbocycles. The molecular weight excluding hydrogens is 236 g/mol. The van der Waals surface area contributed by atoms with Crippen LogP contribution in [0.4, 0.5) is 11.4 Å². The molecule has 17 heavy (non-hydrogen) atoms. The van der Waals surface area contributed by atoms with E-state index in [0.29, 0.717) is 5.69 Å². The minimum atomic E-state index is -3.17. The topological polar surface area (TPSA) is 72.2 Å². The third-order valence-corrected chi connectivity index (χ3v) is 4.13. The number of anilines is 2. The summed E-state index contributed by atoms with van der Waals surface area (Å²) in [6, 6.07) is 4.83. The van der Waals surface area contributed by atoms with Crippen LogP contribution in [0.25, 0.3) is 0 Å². The van der Waals surface area contributed by atoms with E-state index in [2.05, 4.69) is 5.32 Å². The van der Waals surface area contributed by atoms with Crippen molar-refractivity contribution in [3.63, 3.8) is 0 Å². The normalized spacial score (nSPS) is 15.8. The first-order valence-corrected chi connectivity index (χ1v) is 7.69. The smallest absolute Gasteiger partial charge is 0.175 e. The van der Waals surface area contributed by atoms with Gasteiger partial charge < -0.3 is 11.1 Å². The van der Waals surface area contributed by atoms with Crippen LogP contribution in [0.1, 0.15) is 19.3 Å². The predicted octanol–water partition coefficient (Wildman–Crippen LogP) is 1.88. The molecule has 0 radical (unpaired) electrons. The van der Waals surface area contributed by atoms with Gasteiger partial charge in [-0.15, -0.1) is 0 Å². The van der Waals surface area contributed by atoms with Crippen LogP contribution >= 0.6 is 0 Å². The second-order valence-corrected chi connectivity index (χ2v) is 6.70. The van der Waals surface area contributed by atoms with Crippen LogP contribution in [0.3, 0.4) is 0 Å². The zero-order valence-corrected chi connectivity index (χ0v) is 10.8. The highest BCUT2D eigenvalue weighted by Crippen LogP contribution is 2.32. The summed E-state index contributed by atoms with van der Waals surface area (Å²) < 4.78 is 22.7. The lowest BCUT2D eigenvalue weighted by molar-refractivity contribution is 0.602. The van der Waals surface area contributed by atoms with E-state index in [1.807, 2.05) is 0 Å². The van der Waals surface area contributed by atoms with Crippen molar-refractivity contribution in [1.82, 2.24) is 0 Å². The minimum absolute atomic E-state index is 0.266. The number of sulfone groups is 1. The minimum Gasteiger partial charge on any atom is -0.397 e. The molecule has 0 atom stereocenters. The predicted molar refractivity (Wildman–Crippen MR) is 69.8 cm³/mol. The van der Waals surface area contributed by atoms with Crippen molar-refractivity contribution in [2.45, 2.75) is 24.2 Å². The Morgan fingerprint density at radius 1 is 1.41 bits per heavy atom. The molecule has 1 aromatic carbocycles. The van der Waals surface area contributed by atoms with Gasteiger partial charge in [0.15, 0.2) is 9.84 Å². The first-order valence-electron chi connectivity index (χ1n) is 5.80. The molecule has 2 rings (SSSR count). The fourth-order valence-corrected chi connectivity index (χ4v) is 2.41. The van der Waals surface area contributed by atoms with Crippen molar-refractivity contribution in [2.24, 2.45) is 5.92 Å². The van der Waals surface area contributed by atoms with Gasteiger partial charge in [-0.1, -0.05) is 12.8 Å². The fraction of sp³-hybridized carbons (Fsp3) is 0.500. The maximum Gasteiger partial charge on any atom is 0.175 e. The van der Waals surface area contributed by atoms with Crippen LogP contribution in [0, 0.1) is 5.92 Å². The Bertz CT molecular complexity index is 507. The largest absolute Gasteiger partial charge is 0.397 e. The molecule has 4 nitrogen and oxygen atoms in total. The van der Waals surface area contributed by atoms with Gasteiger partial charge in [-0.3, -0.25) is 0 Å². The van der Waals surface area contributed by atoms with E-state index in [9.17, 15) is 8.42 Å². The number of nitrogens with one attached hydrogen (secondary N) is 1. The third kappa shape index (κ3) is 3.36. The van der Waals surface area contributed by atoms with Crippen LogP contribution in [0.5, 0.6) is 0 Å². The summed E-state index contributed by atoms with van der Waals surface area (Å²) >= 11 is 0. The molecule has 1 aliphatic rings. The van der Waals surface area contributed by atoms with Gasteiger partial charge in [0.2, 0.25) is 0 Å². The van der Waals surface area contributed by atoms with Gasteiger partial charge in [-0.05, 0) is 30.5 Å². The zero-order chi connectivity index (χ0) is 12.5. The highest BCUT2D eigenvalue weighted by atomic mass is 32.2. The Hall–Kier alpha value is -1.23. The van der Waals surface area contributed by atoms with Crippen molar-refractivity contribution < 1.29 is 8.42 Å². The lowest BCUT2D eigenvalue weighted by Gasteiger charge is -2.10. The highest BCUT2D eigenvalue weighted by Gasteiger charge is 2.20. The SMILES string of the molecule is CS(=O)(=O)c1ccc(NCCC2CC2)c(N)c1. The number of hydrogen-bond acceptors (Lipinski definition) is 4. The Labute approximate surface area is 102 Å². The van der Waals surface area contributed by atoms with Gasteiger partial charge in [-0.25, -0.2) is 8.42 Å². The standard InChI is InChI=1S/C12H18N2O2S/c1-17(15,16)10-4-5-12(11(13)8-10)14-7-6-9-2-3-9/h4-5,8-9,14H,2-3,6-7,13H2,1H3. The molecule has 0 heterocycles. The van der Waals surface area contributed by atoms with Crippen LogP contribution in [-0.4, -0.2) is 21.2 Å². The van der Waals surface area contributed by atoms with Crippen LogP contribution in [-0.2, 0) is 9.84 Å². The second-order valence-electron chi connectivity index (χ2n) is 4.68. The van der Waals surface area contributed by atoms with E-state index in [1.54, 1.807) is 12.1 Å². The summed E-state index contributed by atoms with van der Waals surface area (Å²) in [6.45, 7) is 0.896. The average Bonchev–Trinajstić information content (AvgIpc) is 3.02. The van der Waals surface area contributed by atoms with Crippen molar-refractivity contribution in [3.8, 4) is 0 Å². The molecule has 94 valence electrons. The molecule has 0 saturated heterocycles. The number of nitrogen functional groups attached to an aromatic ring is 1. The molecule has 0 bridgehead atoms. The molecule has 5 heteroatoms. The van der Waals surface area contributed by atoms with Gasteiger partial charge in [0.25, 0.3) is 0 Å². The van der Waals surface area contributed by atoms with E-state index < -0.39 is 9.84 Å². The van der Waals surface area contributed by atoms with E-state index in [1.165, 1.54) is 25.2 Å². The number of benzene rings is 1. The molecule has 0 spiro atoms. The van der Waals surface area contributed by atoms with Gasteiger partial charge in [0, 0.05) is 12.8 Å². The maximum absolute atomic E-state index is 11.3. The summed E-state index contributed by atoms with van der Waals surface area (Å²) in [4.78, 5) is 0.266. The number of nitrogens with two attached hydrogens (primary N) is 1. The van der Waals surface area contributed by atoms with Crippen LogP contribution in [0.2, 0.25) is 0 Å². The molecule has 1 aromatic rings. The quantitative estimate of drug-likeness (QED) is 0.787. The number of rotatable bonds is 5. The Morgan fingerprint density at radius 3 is 2.65 bits per heavy atom. The zero-order valence-electron chi connectivity index (χ0n) is 9.94. The van der Waals surface area contributed by atoms with E-state index in [4.69, 9.17) is 5.73 Å². The average molecular weight is 254 g/mol. The van der Waals surface area contributed by atoms with Crippen molar-refractivity contribution in [1.29, 1.82) is 0 Å². The third-order valence-electron chi connectivity index (χ3n) is 3.02. The number of hydrogen-bond donors (Lipinski definition) is 2. The van der Waals surface area contributed by atoms with Gasteiger partial charge in [0.05, 0.1) is 16.3 Å². The summed E-state index contributed by atoms with van der Waals surface area (Å²) in [5, 5.41) is 3.24. The van der Waals surface area contributed by atoms with Gasteiger partial charge >= 0.3 is 0 Å². The summed E-state index contributed by atoms with van der Waals surface area (Å²) in [7, 11) is -3.17. The lowest BCUT2D eigenvalue weighted by Crippen LogP contribution is -2.06. The maximum atomic E-state index is 11.3. The molecule has 0 aliphatic heterocycles. The first kappa shape index (κ1) is 12.2. The Morgan fingerprint density at radius 2 is 2.12 bits per heavy atom. The highest BCUT2D eigenvalue weighted by molar-refractivity contribution is 7.90. The Kier molecular flexibility index (Phi) is 3.28. The summed E-state index contributed by atoms with van der Waals surface area (Å²) in [5.41, 5.74) is 7.13. The van der Waals surface area contributed by atoms with E-state index in [0.717, 1.165) is 24.6 Å². The van der Waals surface area contributed by atoms with Crippen molar-refractivity contribution >= 4 is 21.2 Å². The van der Waals surface area contributed by atoms with Crippen molar-refractivity contribution in [3.05, 3.63) is 18.2 Å². The molecule has 1 saturated carbocycles. The monoisotopic (exact) mass is 254 g/mol. The molecular formula is C12H18N2O2S. The Balaban J connectivity index is 2.02. The first-order chi connectivity index (χ1) is 7.97. The van der Waals surface area contributed by atoms with E-state index in [-0.39, 0.29) is 4.90 Å². The van der Waals surface area contributed by atoms with Crippen LogP contribution in [0.15, 0.2) is 23.1 Å². The van der Waals surface area contributed by atoms with Gasteiger partial charge in [0.1, 0.15) is 0 Å². The summed E-state index contributed by atoms with van der Waals surface area (Å²) in [6.07, 6.45) is 5.02. The van der Waals surface area contributed by atoms with Gasteiger partial charge in [-0.2, -0.15) is 0 Å².